The van der Waals surface area contributed by atoms with Crippen molar-refractivity contribution in [2.45, 2.75) is 18.9 Å². The first-order valence-corrected chi connectivity index (χ1v) is 4.55. The summed E-state index contributed by atoms with van der Waals surface area (Å²) >= 11 is 5.48. The van der Waals surface area contributed by atoms with E-state index in [4.69, 9.17) is 22.0 Å². The first-order valence-electron chi connectivity index (χ1n) is 4.01. The molecule has 1 rings (SSSR count). The van der Waals surface area contributed by atoms with Crippen molar-refractivity contribution in [2.24, 2.45) is 0 Å². The molecule has 6 heteroatoms. The number of nitrogens with zero attached hydrogens (tertiary/aromatic N) is 2. The van der Waals surface area contributed by atoms with Crippen LogP contribution in [-0.4, -0.2) is 10.1 Å². The van der Waals surface area contributed by atoms with E-state index < -0.39 is 13.0 Å². The minimum atomic E-state index is -2.74. The van der Waals surface area contributed by atoms with E-state index >= 15 is 0 Å². The zero-order chi connectivity index (χ0) is 11.4. The van der Waals surface area contributed by atoms with Crippen molar-refractivity contribution in [3.8, 4) is 6.07 Å². The quantitative estimate of drug-likeness (QED) is 0.812. The zero-order valence-corrected chi connectivity index (χ0v) is 8.30. The maximum absolute atomic E-state index is 12.5. The number of pyridine rings is 1. The van der Waals surface area contributed by atoms with Gasteiger partial charge in [0.2, 0.25) is 0 Å². The van der Waals surface area contributed by atoms with Crippen LogP contribution in [0.5, 0.6) is 0 Å². The lowest BCUT2D eigenvalue weighted by atomic mass is 10.1. The smallest absolute Gasteiger partial charge is 0.265 e. The Morgan fingerprint density at radius 2 is 2.27 bits per heavy atom. The Kier molecular flexibility index (Phi) is 3.95. The number of aromatic nitrogens is 1. The Morgan fingerprint density at radius 3 is 2.67 bits per heavy atom. The average molecular weight is 233 g/mol. The van der Waals surface area contributed by atoms with Crippen molar-refractivity contribution in [2.75, 3.05) is 0 Å². The number of hydrogen-bond donors (Lipinski definition) is 1. The molecule has 0 bridgehead atoms. The van der Waals surface area contributed by atoms with Gasteiger partial charge in [-0.05, 0) is 6.07 Å². The number of hydrogen-bond acceptors (Lipinski definition) is 3. The van der Waals surface area contributed by atoms with E-state index in [1.54, 1.807) is 6.07 Å². The molecule has 3 nitrogen and oxygen atoms in total. The van der Waals surface area contributed by atoms with E-state index in [1.165, 1.54) is 0 Å². The van der Waals surface area contributed by atoms with Gasteiger partial charge in [0.05, 0.1) is 18.2 Å². The summed E-state index contributed by atoms with van der Waals surface area (Å²) in [6.07, 6.45) is -2.74. The standard InChI is InChI=1S/C9H7ClF2N2O/c10-2-5-1-6(9(11)12)8(4-15)14-7(5)3-13/h1,9,15H,2,4H2. The van der Waals surface area contributed by atoms with Gasteiger partial charge in [-0.1, -0.05) is 0 Å². The van der Waals surface area contributed by atoms with Gasteiger partial charge >= 0.3 is 0 Å². The topological polar surface area (TPSA) is 56.9 Å². The molecular formula is C9H7ClF2N2O. The number of nitriles is 1. The molecule has 0 unspecified atom stereocenters. The van der Waals surface area contributed by atoms with E-state index in [9.17, 15) is 8.78 Å². The highest BCUT2D eigenvalue weighted by Gasteiger charge is 2.17. The molecule has 0 aliphatic rings. The normalized spacial score (nSPS) is 10.4. The minimum absolute atomic E-state index is 0.0292. The Balaban J connectivity index is 3.36. The van der Waals surface area contributed by atoms with Crippen LogP contribution in [0, 0.1) is 11.3 Å². The molecule has 0 amide bonds. The predicted octanol–water partition coefficient (Wildman–Crippen LogP) is 2.12. The van der Waals surface area contributed by atoms with Crippen LogP contribution in [0.2, 0.25) is 0 Å². The first-order chi connectivity index (χ1) is 7.13. The molecule has 0 atom stereocenters. The molecule has 0 aliphatic carbocycles. The van der Waals surface area contributed by atoms with Gasteiger partial charge in [0, 0.05) is 11.1 Å². The Bertz CT molecular complexity index is 404. The summed E-state index contributed by atoms with van der Waals surface area (Å²) in [6, 6.07) is 2.84. The average Bonchev–Trinajstić information content (AvgIpc) is 2.26. The van der Waals surface area contributed by atoms with Crippen LogP contribution in [0.3, 0.4) is 0 Å². The lowest BCUT2D eigenvalue weighted by Crippen LogP contribution is -2.03. The molecule has 1 heterocycles. The molecule has 80 valence electrons. The van der Waals surface area contributed by atoms with Gasteiger partial charge in [-0.3, -0.25) is 0 Å². The summed E-state index contributed by atoms with van der Waals surface area (Å²) in [5.74, 6) is -0.0681. The third-order valence-corrected chi connectivity index (χ3v) is 2.14. The maximum atomic E-state index is 12.5. The molecule has 0 fully saturated rings. The molecule has 0 spiro atoms. The summed E-state index contributed by atoms with van der Waals surface area (Å²) in [7, 11) is 0. The molecule has 1 aromatic heterocycles. The summed E-state index contributed by atoms with van der Waals surface area (Å²) in [5.41, 5.74) is -0.354. The van der Waals surface area contributed by atoms with E-state index in [0.717, 1.165) is 6.07 Å². The minimum Gasteiger partial charge on any atom is -0.390 e. The predicted molar refractivity (Wildman–Crippen MR) is 49.4 cm³/mol. The highest BCUT2D eigenvalue weighted by atomic mass is 35.5. The Morgan fingerprint density at radius 1 is 1.60 bits per heavy atom. The molecule has 1 aromatic rings. The van der Waals surface area contributed by atoms with E-state index in [1.807, 2.05) is 0 Å². The van der Waals surface area contributed by atoms with Crippen molar-refractivity contribution < 1.29 is 13.9 Å². The third kappa shape index (κ3) is 2.41. The van der Waals surface area contributed by atoms with Crippen LogP contribution < -0.4 is 0 Å². The molecule has 15 heavy (non-hydrogen) atoms. The fourth-order valence-corrected chi connectivity index (χ4v) is 1.33. The number of aliphatic hydroxyl groups excluding tert-OH is 1. The van der Waals surface area contributed by atoms with Crippen molar-refractivity contribution in [1.82, 2.24) is 4.98 Å². The molecule has 0 aliphatic heterocycles. The number of halogens is 3. The monoisotopic (exact) mass is 232 g/mol. The Labute approximate surface area is 89.9 Å². The fourth-order valence-electron chi connectivity index (χ4n) is 1.12. The first kappa shape index (κ1) is 11.8. The molecule has 0 saturated carbocycles. The van der Waals surface area contributed by atoms with Gasteiger partial charge in [0.1, 0.15) is 11.8 Å². The van der Waals surface area contributed by atoms with Crippen molar-refractivity contribution in [3.63, 3.8) is 0 Å². The maximum Gasteiger partial charge on any atom is 0.265 e. The molecule has 0 saturated heterocycles. The van der Waals surface area contributed by atoms with Crippen LogP contribution in [0.4, 0.5) is 8.78 Å². The van der Waals surface area contributed by atoms with Gasteiger partial charge in [0.15, 0.2) is 0 Å². The van der Waals surface area contributed by atoms with Crippen molar-refractivity contribution in [3.05, 3.63) is 28.6 Å². The second-order valence-electron chi connectivity index (χ2n) is 2.74. The van der Waals surface area contributed by atoms with Crippen LogP contribution in [-0.2, 0) is 12.5 Å². The summed E-state index contributed by atoms with van der Waals surface area (Å²) in [5, 5.41) is 17.5. The highest BCUT2D eigenvalue weighted by Crippen LogP contribution is 2.25. The molecule has 0 aromatic carbocycles. The van der Waals surface area contributed by atoms with Crippen molar-refractivity contribution in [1.29, 1.82) is 5.26 Å². The zero-order valence-electron chi connectivity index (χ0n) is 7.54. The van der Waals surface area contributed by atoms with E-state index in [0.29, 0.717) is 0 Å². The van der Waals surface area contributed by atoms with Crippen LogP contribution in [0.25, 0.3) is 0 Å². The van der Waals surface area contributed by atoms with Crippen LogP contribution >= 0.6 is 11.6 Å². The lowest BCUT2D eigenvalue weighted by molar-refractivity contribution is 0.146. The fraction of sp³-hybridized carbons (Fsp3) is 0.333. The Hall–Kier alpha value is -1.25. The van der Waals surface area contributed by atoms with E-state index in [-0.39, 0.29) is 28.4 Å². The largest absolute Gasteiger partial charge is 0.390 e. The van der Waals surface area contributed by atoms with Gasteiger partial charge < -0.3 is 5.11 Å². The van der Waals surface area contributed by atoms with Crippen LogP contribution in [0.1, 0.15) is 28.9 Å². The summed E-state index contributed by atoms with van der Waals surface area (Å²) < 4.78 is 25.0. The number of rotatable bonds is 3. The summed E-state index contributed by atoms with van der Waals surface area (Å²) in [6.45, 7) is -0.628. The van der Waals surface area contributed by atoms with Gasteiger partial charge in [-0.2, -0.15) is 5.26 Å². The van der Waals surface area contributed by atoms with E-state index in [2.05, 4.69) is 4.98 Å². The highest BCUT2D eigenvalue weighted by molar-refractivity contribution is 6.17. The van der Waals surface area contributed by atoms with Gasteiger partial charge in [-0.25, -0.2) is 13.8 Å². The second-order valence-corrected chi connectivity index (χ2v) is 3.00. The second kappa shape index (κ2) is 5.01. The SMILES string of the molecule is N#Cc1nc(CO)c(C(F)F)cc1CCl. The van der Waals surface area contributed by atoms with Gasteiger partial charge in [-0.15, -0.1) is 11.6 Å². The number of alkyl halides is 3. The number of aliphatic hydroxyl groups is 1. The summed E-state index contributed by atoms with van der Waals surface area (Å²) in [4.78, 5) is 3.63. The molecule has 0 radical (unpaired) electrons. The molecular weight excluding hydrogens is 226 g/mol. The third-order valence-electron chi connectivity index (χ3n) is 1.85. The van der Waals surface area contributed by atoms with Crippen molar-refractivity contribution >= 4 is 11.6 Å². The molecule has 1 N–H and O–H groups in total. The van der Waals surface area contributed by atoms with Gasteiger partial charge in [0.25, 0.3) is 6.43 Å². The lowest BCUT2D eigenvalue weighted by Gasteiger charge is -2.08. The van der Waals surface area contributed by atoms with Crippen LogP contribution in [0.15, 0.2) is 6.07 Å².